The van der Waals surface area contributed by atoms with E-state index in [9.17, 15) is 4.79 Å². The van der Waals surface area contributed by atoms with Crippen molar-refractivity contribution in [2.75, 3.05) is 13.2 Å². The number of unbranched alkanes of at least 4 members (excludes halogenated alkanes) is 5. The predicted molar refractivity (Wildman–Crippen MR) is 69.8 cm³/mol. The lowest BCUT2D eigenvalue weighted by molar-refractivity contribution is -0.138. The summed E-state index contributed by atoms with van der Waals surface area (Å²) < 4.78 is 4.76. The van der Waals surface area contributed by atoms with Crippen LogP contribution in [0.1, 0.15) is 58.8 Å². The average molecular weight is 242 g/mol. The third-order valence-corrected chi connectivity index (χ3v) is 2.62. The van der Waals surface area contributed by atoms with Crippen LogP contribution in [0.25, 0.3) is 0 Å². The summed E-state index contributed by atoms with van der Waals surface area (Å²) in [6.45, 7) is 4.13. The van der Waals surface area contributed by atoms with Crippen LogP contribution in [0.15, 0.2) is 11.6 Å². The van der Waals surface area contributed by atoms with E-state index in [1.807, 2.05) is 6.92 Å². The van der Waals surface area contributed by atoms with E-state index < -0.39 is 0 Å². The second-order valence-corrected chi connectivity index (χ2v) is 4.40. The van der Waals surface area contributed by atoms with Gasteiger partial charge in [0.15, 0.2) is 0 Å². The van der Waals surface area contributed by atoms with E-state index in [1.54, 1.807) is 0 Å². The van der Waals surface area contributed by atoms with Gasteiger partial charge in [0.05, 0.1) is 6.61 Å². The maximum Gasteiger partial charge on any atom is 0.330 e. The molecule has 0 fully saturated rings. The van der Waals surface area contributed by atoms with Gasteiger partial charge in [0, 0.05) is 6.08 Å². The van der Waals surface area contributed by atoms with Crippen molar-refractivity contribution in [1.29, 1.82) is 0 Å². The van der Waals surface area contributed by atoms with Crippen LogP contribution in [0, 0.1) is 0 Å². The van der Waals surface area contributed by atoms with Gasteiger partial charge < -0.3 is 9.84 Å². The Balaban J connectivity index is 3.52. The Bertz CT molecular complexity index is 222. The van der Waals surface area contributed by atoms with E-state index >= 15 is 0 Å². The molecule has 0 aliphatic carbocycles. The second kappa shape index (κ2) is 11.6. The summed E-state index contributed by atoms with van der Waals surface area (Å²) in [5.41, 5.74) is 1.06. The van der Waals surface area contributed by atoms with Crippen molar-refractivity contribution >= 4 is 5.97 Å². The van der Waals surface area contributed by atoms with E-state index in [-0.39, 0.29) is 19.2 Å². The molecule has 0 aromatic rings. The van der Waals surface area contributed by atoms with Crippen LogP contribution >= 0.6 is 0 Å². The lowest BCUT2D eigenvalue weighted by Crippen LogP contribution is -2.05. The van der Waals surface area contributed by atoms with Gasteiger partial charge in [0.1, 0.15) is 6.61 Å². The highest BCUT2D eigenvalue weighted by atomic mass is 16.5. The van der Waals surface area contributed by atoms with Crippen molar-refractivity contribution in [3.63, 3.8) is 0 Å². The summed E-state index contributed by atoms with van der Waals surface area (Å²) >= 11 is 0. The number of esters is 1. The molecule has 100 valence electrons. The Morgan fingerprint density at radius 1 is 1.18 bits per heavy atom. The Hall–Kier alpha value is -0.830. The van der Waals surface area contributed by atoms with Crippen LogP contribution in [0.2, 0.25) is 0 Å². The van der Waals surface area contributed by atoms with Crippen molar-refractivity contribution < 1.29 is 14.6 Å². The fourth-order valence-electron chi connectivity index (χ4n) is 1.65. The topological polar surface area (TPSA) is 46.5 Å². The fraction of sp³-hybridized carbons (Fsp3) is 0.786. The van der Waals surface area contributed by atoms with Crippen molar-refractivity contribution in [2.45, 2.75) is 58.8 Å². The molecule has 0 aliphatic rings. The quantitative estimate of drug-likeness (QED) is 0.363. The molecule has 3 heteroatoms. The van der Waals surface area contributed by atoms with Gasteiger partial charge in [0.2, 0.25) is 0 Å². The highest BCUT2D eigenvalue weighted by Crippen LogP contribution is 2.11. The molecule has 3 nitrogen and oxygen atoms in total. The lowest BCUT2D eigenvalue weighted by atomic mass is 10.1. The zero-order valence-corrected chi connectivity index (χ0v) is 11.2. The van der Waals surface area contributed by atoms with Crippen molar-refractivity contribution in [1.82, 2.24) is 0 Å². The lowest BCUT2D eigenvalue weighted by Gasteiger charge is -2.02. The third kappa shape index (κ3) is 11.4. The van der Waals surface area contributed by atoms with Gasteiger partial charge in [-0.1, -0.05) is 44.6 Å². The largest absolute Gasteiger partial charge is 0.460 e. The van der Waals surface area contributed by atoms with E-state index in [0.717, 1.165) is 18.4 Å². The molecule has 0 aromatic heterocycles. The molecule has 1 N–H and O–H groups in total. The number of rotatable bonds is 10. The van der Waals surface area contributed by atoms with Crippen LogP contribution in [0.3, 0.4) is 0 Å². The first kappa shape index (κ1) is 16.2. The average Bonchev–Trinajstić information content (AvgIpc) is 2.31. The minimum Gasteiger partial charge on any atom is -0.460 e. The Morgan fingerprint density at radius 3 is 2.47 bits per heavy atom. The fourth-order valence-corrected chi connectivity index (χ4v) is 1.65. The molecule has 0 heterocycles. The molecule has 0 unspecified atom stereocenters. The van der Waals surface area contributed by atoms with Crippen molar-refractivity contribution in [3.8, 4) is 0 Å². The van der Waals surface area contributed by atoms with E-state index in [4.69, 9.17) is 9.84 Å². The highest BCUT2D eigenvalue weighted by Gasteiger charge is 1.99. The summed E-state index contributed by atoms with van der Waals surface area (Å²) in [7, 11) is 0. The molecule has 0 rings (SSSR count). The molecule has 0 aliphatic heterocycles. The maximum atomic E-state index is 11.2. The molecule has 0 spiro atoms. The first-order chi connectivity index (χ1) is 8.20. The maximum absolute atomic E-state index is 11.2. The van der Waals surface area contributed by atoms with Gasteiger partial charge in [-0.15, -0.1) is 0 Å². The van der Waals surface area contributed by atoms with E-state index in [2.05, 4.69) is 6.92 Å². The normalized spacial score (nSPS) is 11.6. The Labute approximate surface area is 105 Å². The molecule has 0 atom stereocenters. The molecule has 0 amide bonds. The van der Waals surface area contributed by atoms with Gasteiger partial charge in [-0.05, 0) is 19.8 Å². The molecular weight excluding hydrogens is 216 g/mol. The highest BCUT2D eigenvalue weighted by molar-refractivity contribution is 5.82. The number of carbonyl (C=O) groups excluding carboxylic acids is 1. The summed E-state index contributed by atoms with van der Waals surface area (Å²) in [6.07, 6.45) is 10.1. The number of carbonyl (C=O) groups is 1. The molecule has 17 heavy (non-hydrogen) atoms. The number of aliphatic hydroxyl groups is 1. The number of aliphatic hydroxyl groups excluding tert-OH is 1. The molecule has 0 saturated heterocycles. The van der Waals surface area contributed by atoms with Crippen molar-refractivity contribution in [3.05, 3.63) is 11.6 Å². The van der Waals surface area contributed by atoms with Crippen LogP contribution in [0.4, 0.5) is 0 Å². The van der Waals surface area contributed by atoms with Gasteiger partial charge >= 0.3 is 5.97 Å². The summed E-state index contributed by atoms with van der Waals surface area (Å²) in [5, 5.41) is 8.50. The van der Waals surface area contributed by atoms with Crippen molar-refractivity contribution in [2.24, 2.45) is 0 Å². The number of hydrogen-bond acceptors (Lipinski definition) is 3. The SMILES string of the molecule is CCCCCCCC/C(C)=C/C(=O)OCCO. The minimum atomic E-state index is -0.345. The smallest absolute Gasteiger partial charge is 0.330 e. The zero-order valence-electron chi connectivity index (χ0n) is 11.2. The predicted octanol–water partition coefficient (Wildman–Crippen LogP) is 3.22. The summed E-state index contributed by atoms with van der Waals surface area (Å²) in [6, 6.07) is 0. The first-order valence-corrected chi connectivity index (χ1v) is 6.65. The second-order valence-electron chi connectivity index (χ2n) is 4.40. The van der Waals surface area contributed by atoms with E-state index in [0.29, 0.717) is 0 Å². The summed E-state index contributed by atoms with van der Waals surface area (Å²) in [5.74, 6) is -0.345. The standard InChI is InChI=1S/C14H26O3/c1-3-4-5-6-7-8-9-13(2)12-14(16)17-11-10-15/h12,15H,3-11H2,1-2H3/b13-12+. The van der Waals surface area contributed by atoms with Gasteiger partial charge in [-0.3, -0.25) is 0 Å². The third-order valence-electron chi connectivity index (χ3n) is 2.62. The molecule has 0 saturated carbocycles. The number of ether oxygens (including phenoxy) is 1. The monoisotopic (exact) mass is 242 g/mol. The molecule has 0 bridgehead atoms. The van der Waals surface area contributed by atoms with E-state index in [1.165, 1.54) is 38.2 Å². The molecular formula is C14H26O3. The van der Waals surface area contributed by atoms with Crippen LogP contribution < -0.4 is 0 Å². The zero-order chi connectivity index (χ0) is 12.9. The number of allylic oxidation sites excluding steroid dienone is 1. The number of hydrogen-bond donors (Lipinski definition) is 1. The van der Waals surface area contributed by atoms with Crippen LogP contribution in [-0.4, -0.2) is 24.3 Å². The molecule has 0 aromatic carbocycles. The first-order valence-electron chi connectivity index (χ1n) is 6.65. The van der Waals surface area contributed by atoms with Crippen LogP contribution in [-0.2, 0) is 9.53 Å². The minimum absolute atomic E-state index is 0.0830. The van der Waals surface area contributed by atoms with Crippen LogP contribution in [0.5, 0.6) is 0 Å². The van der Waals surface area contributed by atoms with Gasteiger partial charge in [0.25, 0.3) is 0 Å². The Kier molecular flexibility index (Phi) is 11.1. The molecule has 0 radical (unpaired) electrons. The Morgan fingerprint density at radius 2 is 1.82 bits per heavy atom. The van der Waals surface area contributed by atoms with Gasteiger partial charge in [-0.25, -0.2) is 4.79 Å². The van der Waals surface area contributed by atoms with Gasteiger partial charge in [-0.2, -0.15) is 0 Å². The summed E-state index contributed by atoms with van der Waals surface area (Å²) in [4.78, 5) is 11.2.